The van der Waals surface area contributed by atoms with Crippen molar-refractivity contribution in [1.82, 2.24) is 0 Å². The highest BCUT2D eigenvalue weighted by atomic mass is 35.5. The van der Waals surface area contributed by atoms with E-state index in [-0.39, 0.29) is 28.6 Å². The largest absolute Gasteiger partial charge is 0.487 e. The number of anilines is 1. The van der Waals surface area contributed by atoms with Crippen molar-refractivity contribution in [1.29, 1.82) is 0 Å². The second kappa shape index (κ2) is 9.14. The van der Waals surface area contributed by atoms with Crippen LogP contribution in [0.3, 0.4) is 0 Å². The van der Waals surface area contributed by atoms with Gasteiger partial charge < -0.3 is 14.8 Å². The topological polar surface area (TPSA) is 108 Å². The van der Waals surface area contributed by atoms with Crippen LogP contribution in [0, 0.1) is 15.9 Å². The van der Waals surface area contributed by atoms with Crippen LogP contribution in [-0.2, 0) is 9.53 Å². The normalized spacial score (nSPS) is 11.4. The van der Waals surface area contributed by atoms with Crippen molar-refractivity contribution in [2.45, 2.75) is 20.0 Å². The molecule has 2 rings (SSSR count). The number of ether oxygens (including phenoxy) is 2. The van der Waals surface area contributed by atoms with Crippen LogP contribution < -0.4 is 10.1 Å². The molecule has 0 saturated heterocycles. The Labute approximate surface area is 164 Å². The van der Waals surface area contributed by atoms with Gasteiger partial charge in [-0.15, -0.1) is 0 Å². The first-order valence-electron chi connectivity index (χ1n) is 8.11. The molecule has 0 fully saturated rings. The van der Waals surface area contributed by atoms with Gasteiger partial charge in [0.15, 0.2) is 11.9 Å². The number of nitrogens with one attached hydrogen (secondary N) is 1. The lowest BCUT2D eigenvalue weighted by Crippen LogP contribution is -2.30. The van der Waals surface area contributed by atoms with Crippen molar-refractivity contribution in [3.8, 4) is 5.75 Å². The molecular formula is C18H16ClFN2O6. The Kier molecular flexibility index (Phi) is 6.89. The first kappa shape index (κ1) is 21.1. The number of nitro groups is 1. The van der Waals surface area contributed by atoms with Crippen LogP contribution in [-0.4, -0.2) is 29.5 Å². The minimum atomic E-state index is -1.24. The molecule has 148 valence electrons. The first-order valence-corrected chi connectivity index (χ1v) is 8.48. The van der Waals surface area contributed by atoms with Crippen LogP contribution in [0.15, 0.2) is 36.4 Å². The molecule has 0 aromatic heterocycles. The van der Waals surface area contributed by atoms with E-state index in [0.29, 0.717) is 0 Å². The molecule has 0 aliphatic rings. The monoisotopic (exact) mass is 410 g/mol. The van der Waals surface area contributed by atoms with Gasteiger partial charge >= 0.3 is 11.7 Å². The van der Waals surface area contributed by atoms with Crippen LogP contribution in [0.25, 0.3) is 0 Å². The highest BCUT2D eigenvalue weighted by molar-refractivity contribution is 6.33. The van der Waals surface area contributed by atoms with E-state index in [0.717, 1.165) is 18.2 Å². The van der Waals surface area contributed by atoms with Crippen molar-refractivity contribution in [3.05, 3.63) is 62.9 Å². The minimum Gasteiger partial charge on any atom is -0.487 e. The Balaban J connectivity index is 2.09. The number of halogens is 2. The number of benzene rings is 2. The van der Waals surface area contributed by atoms with Crippen LogP contribution in [0.1, 0.15) is 24.2 Å². The maximum atomic E-state index is 13.0. The average molecular weight is 411 g/mol. The maximum Gasteiger partial charge on any atom is 0.339 e. The second-order valence-electron chi connectivity index (χ2n) is 5.53. The van der Waals surface area contributed by atoms with Crippen molar-refractivity contribution in [3.63, 3.8) is 0 Å². The molecule has 0 saturated carbocycles. The Hall–Kier alpha value is -3.20. The molecule has 0 heterocycles. The fraction of sp³-hybridized carbons (Fsp3) is 0.222. The molecule has 0 unspecified atom stereocenters. The van der Waals surface area contributed by atoms with Gasteiger partial charge in [0.2, 0.25) is 0 Å². The van der Waals surface area contributed by atoms with E-state index in [4.69, 9.17) is 21.1 Å². The summed E-state index contributed by atoms with van der Waals surface area (Å²) in [5, 5.41) is 13.5. The molecule has 0 aliphatic carbocycles. The van der Waals surface area contributed by atoms with Crippen molar-refractivity contribution in [2.24, 2.45) is 0 Å². The summed E-state index contributed by atoms with van der Waals surface area (Å²) in [5.41, 5.74) is -0.367. The van der Waals surface area contributed by atoms with E-state index in [1.54, 1.807) is 6.92 Å². The van der Waals surface area contributed by atoms with Gasteiger partial charge in [0, 0.05) is 6.07 Å². The van der Waals surface area contributed by atoms with Gasteiger partial charge in [0.1, 0.15) is 5.82 Å². The van der Waals surface area contributed by atoms with E-state index in [2.05, 4.69) is 5.32 Å². The predicted octanol–water partition coefficient (Wildman–Crippen LogP) is 3.97. The lowest BCUT2D eigenvalue weighted by molar-refractivity contribution is -0.385. The molecular weight excluding hydrogens is 395 g/mol. The molecule has 0 radical (unpaired) electrons. The second-order valence-corrected chi connectivity index (χ2v) is 5.94. The van der Waals surface area contributed by atoms with Gasteiger partial charge in [-0.2, -0.15) is 0 Å². The first-order chi connectivity index (χ1) is 13.2. The number of carbonyl (C=O) groups excluding carboxylic acids is 2. The molecule has 0 bridgehead atoms. The molecule has 2 aromatic rings. The molecule has 0 spiro atoms. The van der Waals surface area contributed by atoms with Gasteiger partial charge in [0.05, 0.1) is 27.8 Å². The molecule has 10 heteroatoms. The number of amides is 1. The third-order valence-electron chi connectivity index (χ3n) is 3.53. The summed E-state index contributed by atoms with van der Waals surface area (Å²) in [5.74, 6) is -2.19. The number of nitrogens with zero attached hydrogens (tertiary/aromatic N) is 1. The van der Waals surface area contributed by atoms with E-state index in [1.165, 1.54) is 25.1 Å². The molecule has 1 atom stereocenters. The quantitative estimate of drug-likeness (QED) is 0.420. The smallest absolute Gasteiger partial charge is 0.339 e. The van der Waals surface area contributed by atoms with Gasteiger partial charge in [-0.25, -0.2) is 9.18 Å². The summed E-state index contributed by atoms with van der Waals surface area (Å²) in [7, 11) is 0. The third-order valence-corrected chi connectivity index (χ3v) is 3.85. The van der Waals surface area contributed by atoms with Crippen molar-refractivity contribution in [2.75, 3.05) is 11.9 Å². The highest BCUT2D eigenvalue weighted by Gasteiger charge is 2.23. The SMILES string of the molecule is CCOc1ccc(C(=O)O[C@@H](C)C(=O)Nc2ccc(F)cc2Cl)cc1[N+](=O)[O-]. The molecule has 28 heavy (non-hydrogen) atoms. The zero-order valence-electron chi connectivity index (χ0n) is 14.9. The van der Waals surface area contributed by atoms with Gasteiger partial charge in [-0.1, -0.05) is 11.6 Å². The van der Waals surface area contributed by atoms with E-state index < -0.39 is 34.4 Å². The maximum absolute atomic E-state index is 13.0. The summed E-state index contributed by atoms with van der Waals surface area (Å²) in [6.45, 7) is 3.20. The Morgan fingerprint density at radius 1 is 1.29 bits per heavy atom. The molecule has 1 N–H and O–H groups in total. The molecule has 1 amide bonds. The number of hydrogen-bond acceptors (Lipinski definition) is 6. The average Bonchev–Trinajstić information content (AvgIpc) is 2.64. The Morgan fingerprint density at radius 2 is 2.00 bits per heavy atom. The van der Waals surface area contributed by atoms with Crippen LogP contribution in [0.5, 0.6) is 5.75 Å². The minimum absolute atomic E-state index is 0.0146. The van der Waals surface area contributed by atoms with Crippen LogP contribution >= 0.6 is 11.6 Å². The Bertz CT molecular complexity index is 921. The van der Waals surface area contributed by atoms with Crippen molar-refractivity contribution < 1.29 is 28.4 Å². The Morgan fingerprint density at radius 3 is 2.61 bits per heavy atom. The summed E-state index contributed by atoms with van der Waals surface area (Å²) in [4.78, 5) is 34.8. The number of hydrogen-bond donors (Lipinski definition) is 1. The molecule has 2 aromatic carbocycles. The number of nitro benzene ring substituents is 1. The van der Waals surface area contributed by atoms with E-state index >= 15 is 0 Å². The van der Waals surface area contributed by atoms with Gasteiger partial charge in [0.25, 0.3) is 5.91 Å². The van der Waals surface area contributed by atoms with Crippen molar-refractivity contribution >= 4 is 34.9 Å². The number of carbonyl (C=O) groups is 2. The van der Waals surface area contributed by atoms with Crippen LogP contribution in [0.2, 0.25) is 5.02 Å². The summed E-state index contributed by atoms with van der Waals surface area (Å²) >= 11 is 5.83. The summed E-state index contributed by atoms with van der Waals surface area (Å²) in [6.07, 6.45) is -1.24. The zero-order chi connectivity index (χ0) is 20.8. The number of rotatable bonds is 7. The lowest BCUT2D eigenvalue weighted by atomic mass is 10.2. The zero-order valence-corrected chi connectivity index (χ0v) is 15.7. The van der Waals surface area contributed by atoms with Crippen LogP contribution in [0.4, 0.5) is 15.8 Å². The van der Waals surface area contributed by atoms with Gasteiger partial charge in [-0.3, -0.25) is 14.9 Å². The standard InChI is InChI=1S/C18H16ClFN2O6/c1-3-27-16-7-4-11(8-15(16)22(25)26)18(24)28-10(2)17(23)21-14-6-5-12(20)9-13(14)19/h4-10H,3H2,1-2H3,(H,21,23)/t10-/m0/s1. The summed E-state index contributed by atoms with van der Waals surface area (Å²) < 4.78 is 23.2. The van der Waals surface area contributed by atoms with E-state index in [1.807, 2.05) is 0 Å². The van der Waals surface area contributed by atoms with Gasteiger partial charge in [-0.05, 0) is 44.2 Å². The fourth-order valence-electron chi connectivity index (χ4n) is 2.17. The highest BCUT2D eigenvalue weighted by Crippen LogP contribution is 2.28. The number of esters is 1. The predicted molar refractivity (Wildman–Crippen MR) is 99.2 cm³/mol. The lowest BCUT2D eigenvalue weighted by Gasteiger charge is -2.14. The molecule has 0 aliphatic heterocycles. The molecule has 8 nitrogen and oxygen atoms in total. The summed E-state index contributed by atoms with van der Waals surface area (Å²) in [6, 6.07) is 6.97. The third kappa shape index (κ3) is 5.17. The van der Waals surface area contributed by atoms with E-state index in [9.17, 15) is 24.1 Å². The fourth-order valence-corrected chi connectivity index (χ4v) is 2.39.